The fourth-order valence-electron chi connectivity index (χ4n) is 2.20. The summed E-state index contributed by atoms with van der Waals surface area (Å²) in [6.45, 7) is 4.10. The molecule has 0 heterocycles. The fraction of sp³-hybridized carbons (Fsp3) is 0.938. The first kappa shape index (κ1) is 17.6. The van der Waals surface area contributed by atoms with Crippen LogP contribution >= 0.6 is 0 Å². The Morgan fingerprint density at radius 1 is 0.889 bits per heavy atom. The van der Waals surface area contributed by atoms with E-state index in [-0.39, 0.29) is 5.78 Å². The van der Waals surface area contributed by atoms with Gasteiger partial charge >= 0.3 is 0 Å². The van der Waals surface area contributed by atoms with Gasteiger partial charge in [0.1, 0.15) is 5.78 Å². The van der Waals surface area contributed by atoms with Crippen molar-refractivity contribution in [2.45, 2.75) is 97.0 Å². The molecule has 2 nitrogen and oxygen atoms in total. The van der Waals surface area contributed by atoms with E-state index in [0.29, 0.717) is 12.8 Å². The minimum Gasteiger partial charge on any atom is -0.393 e. The van der Waals surface area contributed by atoms with E-state index in [1.165, 1.54) is 51.4 Å². The number of carbonyl (C=O) groups excluding carboxylic acids is 1. The van der Waals surface area contributed by atoms with Crippen LogP contribution in [-0.4, -0.2) is 17.0 Å². The highest BCUT2D eigenvalue weighted by atomic mass is 16.3. The van der Waals surface area contributed by atoms with Gasteiger partial charge in [-0.05, 0) is 6.42 Å². The Morgan fingerprint density at radius 2 is 1.39 bits per heavy atom. The number of Topliss-reactive ketones (excluding diaryl/α,β-unsaturated/α-hetero) is 1. The van der Waals surface area contributed by atoms with Crippen LogP contribution < -0.4 is 0 Å². The zero-order chi connectivity index (χ0) is 13.6. The third-order valence-electron chi connectivity index (χ3n) is 3.50. The topological polar surface area (TPSA) is 37.3 Å². The number of hydrogen-bond donors (Lipinski definition) is 1. The standard InChI is InChI=1S/C16H32O2/c1-3-5-6-7-8-9-10-11-12-13-16(18)14-15(17)4-2/h16,18H,3-14H2,1-2H3. The molecule has 0 spiro atoms. The van der Waals surface area contributed by atoms with Gasteiger partial charge in [0.2, 0.25) is 0 Å². The highest BCUT2D eigenvalue weighted by Crippen LogP contribution is 2.12. The summed E-state index contributed by atoms with van der Waals surface area (Å²) in [6.07, 6.45) is 13.0. The van der Waals surface area contributed by atoms with Crippen LogP contribution in [0.25, 0.3) is 0 Å². The average molecular weight is 256 g/mol. The van der Waals surface area contributed by atoms with Crippen LogP contribution in [0, 0.1) is 0 Å². The van der Waals surface area contributed by atoms with Crippen LogP contribution in [0.15, 0.2) is 0 Å². The molecule has 0 fully saturated rings. The van der Waals surface area contributed by atoms with E-state index in [9.17, 15) is 9.90 Å². The second-order valence-corrected chi connectivity index (χ2v) is 5.37. The molecular formula is C16H32O2. The second kappa shape index (κ2) is 13.1. The third kappa shape index (κ3) is 12.1. The summed E-state index contributed by atoms with van der Waals surface area (Å²) in [6, 6.07) is 0. The van der Waals surface area contributed by atoms with Crippen molar-refractivity contribution < 1.29 is 9.90 Å². The molecule has 0 amide bonds. The quantitative estimate of drug-likeness (QED) is 0.487. The molecule has 0 aliphatic carbocycles. The largest absolute Gasteiger partial charge is 0.393 e. The molecule has 1 unspecified atom stereocenters. The number of carbonyl (C=O) groups is 1. The highest BCUT2D eigenvalue weighted by molar-refractivity contribution is 5.78. The maximum atomic E-state index is 11.1. The van der Waals surface area contributed by atoms with E-state index in [0.717, 1.165) is 12.8 Å². The molecule has 108 valence electrons. The maximum absolute atomic E-state index is 11.1. The molecule has 0 aromatic rings. The van der Waals surface area contributed by atoms with Crippen LogP contribution in [0.2, 0.25) is 0 Å². The molecule has 0 rings (SSSR count). The Hall–Kier alpha value is -0.370. The third-order valence-corrected chi connectivity index (χ3v) is 3.50. The first-order valence-electron chi connectivity index (χ1n) is 7.90. The van der Waals surface area contributed by atoms with E-state index in [1.807, 2.05) is 6.92 Å². The number of hydrogen-bond acceptors (Lipinski definition) is 2. The van der Waals surface area contributed by atoms with E-state index in [2.05, 4.69) is 6.92 Å². The summed E-state index contributed by atoms with van der Waals surface area (Å²) in [7, 11) is 0. The van der Waals surface area contributed by atoms with Crippen molar-refractivity contribution in [2.24, 2.45) is 0 Å². The van der Waals surface area contributed by atoms with Crippen molar-refractivity contribution in [3.05, 3.63) is 0 Å². The van der Waals surface area contributed by atoms with Gasteiger partial charge in [-0.1, -0.05) is 71.6 Å². The van der Waals surface area contributed by atoms with Crippen molar-refractivity contribution in [2.75, 3.05) is 0 Å². The van der Waals surface area contributed by atoms with Gasteiger partial charge in [0.05, 0.1) is 6.10 Å². The van der Waals surface area contributed by atoms with Gasteiger partial charge in [-0.2, -0.15) is 0 Å². The molecule has 1 atom stereocenters. The van der Waals surface area contributed by atoms with Crippen LogP contribution in [0.3, 0.4) is 0 Å². The minimum atomic E-state index is -0.401. The second-order valence-electron chi connectivity index (χ2n) is 5.37. The molecule has 18 heavy (non-hydrogen) atoms. The average Bonchev–Trinajstić information content (AvgIpc) is 2.36. The summed E-state index contributed by atoms with van der Waals surface area (Å²) in [5.41, 5.74) is 0. The lowest BCUT2D eigenvalue weighted by Crippen LogP contribution is -2.12. The Kier molecular flexibility index (Phi) is 12.8. The van der Waals surface area contributed by atoms with Crippen LogP contribution in [0.1, 0.15) is 90.9 Å². The molecule has 0 saturated heterocycles. The van der Waals surface area contributed by atoms with Gasteiger partial charge < -0.3 is 5.11 Å². The monoisotopic (exact) mass is 256 g/mol. The summed E-state index contributed by atoms with van der Waals surface area (Å²) < 4.78 is 0. The Bertz CT molecular complexity index is 190. The van der Waals surface area contributed by atoms with Crippen LogP contribution in [-0.2, 0) is 4.79 Å². The molecular weight excluding hydrogens is 224 g/mol. The van der Waals surface area contributed by atoms with Crippen molar-refractivity contribution in [3.63, 3.8) is 0 Å². The Labute approximate surface area is 113 Å². The van der Waals surface area contributed by atoms with Gasteiger partial charge in [0.25, 0.3) is 0 Å². The first-order valence-corrected chi connectivity index (χ1v) is 7.90. The van der Waals surface area contributed by atoms with Crippen molar-refractivity contribution in [1.29, 1.82) is 0 Å². The number of aliphatic hydroxyl groups is 1. The van der Waals surface area contributed by atoms with Crippen molar-refractivity contribution >= 4 is 5.78 Å². The maximum Gasteiger partial charge on any atom is 0.135 e. The lowest BCUT2D eigenvalue weighted by atomic mass is 10.0. The molecule has 0 saturated carbocycles. The van der Waals surface area contributed by atoms with Gasteiger partial charge in [-0.25, -0.2) is 0 Å². The normalized spacial score (nSPS) is 12.6. The Morgan fingerprint density at radius 3 is 1.89 bits per heavy atom. The van der Waals surface area contributed by atoms with E-state index < -0.39 is 6.10 Å². The molecule has 0 radical (unpaired) electrons. The van der Waals surface area contributed by atoms with Gasteiger partial charge in [0.15, 0.2) is 0 Å². The predicted molar refractivity (Wildman–Crippen MR) is 77.8 cm³/mol. The summed E-state index contributed by atoms with van der Waals surface area (Å²) >= 11 is 0. The molecule has 0 bridgehead atoms. The predicted octanol–water partition coefficient (Wildman–Crippen LogP) is 4.64. The van der Waals surface area contributed by atoms with Crippen LogP contribution in [0.4, 0.5) is 0 Å². The van der Waals surface area contributed by atoms with Gasteiger partial charge in [-0.15, -0.1) is 0 Å². The number of ketones is 1. The zero-order valence-electron chi connectivity index (χ0n) is 12.4. The molecule has 0 aliphatic rings. The van der Waals surface area contributed by atoms with E-state index >= 15 is 0 Å². The van der Waals surface area contributed by atoms with Crippen molar-refractivity contribution in [1.82, 2.24) is 0 Å². The molecule has 0 aromatic heterocycles. The van der Waals surface area contributed by atoms with Crippen LogP contribution in [0.5, 0.6) is 0 Å². The van der Waals surface area contributed by atoms with Gasteiger partial charge in [0, 0.05) is 12.8 Å². The summed E-state index contributed by atoms with van der Waals surface area (Å²) in [5.74, 6) is 0.179. The summed E-state index contributed by atoms with van der Waals surface area (Å²) in [4.78, 5) is 11.1. The smallest absolute Gasteiger partial charge is 0.135 e. The number of unbranched alkanes of at least 4 members (excludes halogenated alkanes) is 8. The Balaban J connectivity index is 3.17. The van der Waals surface area contributed by atoms with E-state index in [1.54, 1.807) is 0 Å². The lowest BCUT2D eigenvalue weighted by molar-refractivity contribution is -0.120. The first-order chi connectivity index (χ1) is 8.70. The highest BCUT2D eigenvalue weighted by Gasteiger charge is 2.08. The fourth-order valence-corrected chi connectivity index (χ4v) is 2.20. The number of rotatable bonds is 13. The number of aliphatic hydroxyl groups excluding tert-OH is 1. The minimum absolute atomic E-state index is 0.179. The van der Waals surface area contributed by atoms with E-state index in [4.69, 9.17) is 0 Å². The zero-order valence-corrected chi connectivity index (χ0v) is 12.4. The molecule has 0 aliphatic heterocycles. The van der Waals surface area contributed by atoms with Gasteiger partial charge in [-0.3, -0.25) is 4.79 Å². The SMILES string of the molecule is CCCCCCCCCCCC(O)CC(=O)CC. The summed E-state index contributed by atoms with van der Waals surface area (Å²) in [5, 5.41) is 9.63. The lowest BCUT2D eigenvalue weighted by Gasteiger charge is -2.08. The van der Waals surface area contributed by atoms with Crippen molar-refractivity contribution in [3.8, 4) is 0 Å². The molecule has 1 N–H and O–H groups in total. The molecule has 2 heteroatoms. The molecule has 0 aromatic carbocycles.